The van der Waals surface area contributed by atoms with Gasteiger partial charge in [-0.05, 0) is 126 Å². The number of hydrogen-bond acceptors (Lipinski definition) is 20. The Morgan fingerprint density at radius 1 is 0.430 bits per heavy atom. The number of morpholine rings is 1. The molecule has 0 radical (unpaired) electrons. The Morgan fingerprint density at radius 3 is 1.32 bits per heavy atom. The third-order valence-corrected chi connectivity index (χ3v) is 19.0. The molecule has 15 heterocycles. The normalized spacial score (nSPS) is 15.9. The molecule has 0 spiro atoms. The number of ether oxygens (including phenoxy) is 1. The number of aryl methyl sites for hydroxylation is 5. The molecule has 0 atom stereocenters. The third kappa shape index (κ3) is 15.0. The standard InChI is InChI=1S/C18H19F2N5.C17H18ClN5.C16H18N6.C11H14N4O.C10H12N4/c1-12-17-16(23-22-12)4-5-21-18(17)25-8-6-24(7-9-25)11-13-10-14(19)2-3-15(13)20;1-12-16-15(21-20-12)5-6-19-17(16)23-9-7-22(8-10-23)14-4-2-3-13(18)11-14;1-12-15-13(20-19-12)5-7-18-16(15)22-10-8-21(9-11-22)14-4-2-3-6-17-14;1-8-10-9(14-13-8)2-3-12-11(10)15-4-6-16-7-5-15;1-6-9-8(14-13-6)4-5-11-10(9)12-7-2-3-7/h2-5,10H,6-9,11H2,1H3,(H,22,23);2-6,11H,7-10H2,1H3,(H,20,21);2-7H,8-11H2,1H3,(H,19,20);2-3H,4-7H2,1H3,(H,13,14);4-5,7H,2-3H2,1H3,(H,11,12)(H,13,14). The second kappa shape index (κ2) is 30.2. The van der Waals surface area contributed by atoms with Crippen LogP contribution in [0.5, 0.6) is 0 Å². The van der Waals surface area contributed by atoms with Crippen LogP contribution in [0.2, 0.25) is 5.02 Å². The highest BCUT2D eigenvalue weighted by Crippen LogP contribution is 2.33. The van der Waals surface area contributed by atoms with Crippen molar-refractivity contribution in [1.82, 2.24) is 85.8 Å². The van der Waals surface area contributed by atoms with Crippen molar-refractivity contribution in [3.8, 4) is 0 Å². The van der Waals surface area contributed by atoms with Gasteiger partial charge in [0.15, 0.2) is 0 Å². The molecule has 4 aliphatic heterocycles. The van der Waals surface area contributed by atoms with E-state index in [4.69, 9.17) is 16.3 Å². The van der Waals surface area contributed by atoms with Crippen LogP contribution in [0, 0.1) is 46.3 Å². The lowest BCUT2D eigenvalue weighted by molar-refractivity contribution is 0.122. The number of benzene rings is 2. The summed E-state index contributed by atoms with van der Waals surface area (Å²) in [5.41, 5.74) is 11.7. The van der Waals surface area contributed by atoms with Gasteiger partial charge in [-0.1, -0.05) is 23.7 Å². The molecular formula is C72H81ClF2N24O. The number of pyridine rings is 6. The molecule has 11 aromatic heterocycles. The topological polar surface area (TPSA) is 265 Å². The van der Waals surface area contributed by atoms with Gasteiger partial charge in [0.2, 0.25) is 0 Å². The van der Waals surface area contributed by atoms with E-state index in [0.717, 1.165) is 234 Å². The molecule has 4 saturated heterocycles. The SMILES string of the molecule is Cc1[nH]nc2ccnc(N3CCN(Cc4cc(F)ccc4F)CC3)c12.Cc1[nH]nc2ccnc(N3CCN(c4cccc(Cl)c4)CC3)c12.Cc1[nH]nc2ccnc(N3CCN(c4ccccn4)CC3)c12.Cc1[nH]nc2ccnc(N3CCOCC3)c12.Cc1[nH]nc2ccnc(NC3CC3)c12. The summed E-state index contributed by atoms with van der Waals surface area (Å²) in [5.74, 6) is 5.27. The molecule has 0 amide bonds. The number of H-pyrrole nitrogens is 5. The number of piperazine rings is 3. The van der Waals surface area contributed by atoms with Gasteiger partial charge in [-0.15, -0.1) is 0 Å². The maximum atomic E-state index is 13.8. The Balaban J connectivity index is 0.000000108. The summed E-state index contributed by atoms with van der Waals surface area (Å²) >= 11 is 6.10. The van der Waals surface area contributed by atoms with Crippen molar-refractivity contribution < 1.29 is 13.5 Å². The maximum Gasteiger partial charge on any atom is 0.140 e. The van der Waals surface area contributed by atoms with E-state index < -0.39 is 5.82 Å². The molecule has 18 rings (SSSR count). The zero-order valence-corrected chi connectivity index (χ0v) is 57.5. The van der Waals surface area contributed by atoms with Crippen molar-refractivity contribution in [2.24, 2.45) is 0 Å². The highest BCUT2D eigenvalue weighted by atomic mass is 35.5. The first-order valence-electron chi connectivity index (χ1n) is 34.0. The summed E-state index contributed by atoms with van der Waals surface area (Å²) in [7, 11) is 0. The monoisotopic (exact) mass is 1370 g/mol. The van der Waals surface area contributed by atoms with Gasteiger partial charge < -0.3 is 39.5 Å². The lowest BCUT2D eigenvalue weighted by Gasteiger charge is -2.37. The molecule has 5 fully saturated rings. The minimum atomic E-state index is -0.402. The highest BCUT2D eigenvalue weighted by Gasteiger charge is 2.27. The van der Waals surface area contributed by atoms with Crippen LogP contribution >= 0.6 is 11.6 Å². The molecule has 5 aliphatic rings. The van der Waals surface area contributed by atoms with Crippen LogP contribution in [-0.4, -0.2) is 197 Å². The smallest absolute Gasteiger partial charge is 0.140 e. The van der Waals surface area contributed by atoms with Gasteiger partial charge in [0.1, 0.15) is 46.5 Å². The molecule has 100 heavy (non-hydrogen) atoms. The Hall–Kier alpha value is -10.6. The van der Waals surface area contributed by atoms with Gasteiger partial charge in [-0.25, -0.2) is 38.7 Å². The van der Waals surface area contributed by atoms with E-state index in [0.29, 0.717) is 18.2 Å². The quantitative estimate of drug-likeness (QED) is 0.0743. The Bertz CT molecular complexity index is 4890. The number of aromatic amines is 5. The Labute approximate surface area is 581 Å². The Morgan fingerprint density at radius 2 is 0.860 bits per heavy atom. The molecule has 25 nitrogen and oxygen atoms in total. The van der Waals surface area contributed by atoms with E-state index in [1.807, 2.05) is 120 Å². The van der Waals surface area contributed by atoms with Crippen molar-refractivity contribution in [2.75, 3.05) is 140 Å². The molecule has 516 valence electrons. The van der Waals surface area contributed by atoms with E-state index in [1.54, 1.807) is 12.4 Å². The number of hydrogen-bond donors (Lipinski definition) is 6. The zero-order chi connectivity index (χ0) is 68.6. The Kier molecular flexibility index (Phi) is 20.1. The van der Waals surface area contributed by atoms with Crippen molar-refractivity contribution in [2.45, 2.75) is 60.0 Å². The van der Waals surface area contributed by atoms with Gasteiger partial charge in [-0.2, -0.15) is 25.5 Å². The van der Waals surface area contributed by atoms with Crippen molar-refractivity contribution in [3.63, 3.8) is 0 Å². The molecule has 1 saturated carbocycles. The van der Waals surface area contributed by atoms with Crippen molar-refractivity contribution in [1.29, 1.82) is 0 Å². The van der Waals surface area contributed by atoms with Crippen LogP contribution in [0.3, 0.4) is 0 Å². The predicted molar refractivity (Wildman–Crippen MR) is 391 cm³/mol. The second-order valence-electron chi connectivity index (χ2n) is 25.5. The highest BCUT2D eigenvalue weighted by molar-refractivity contribution is 6.30. The number of halogens is 3. The van der Waals surface area contributed by atoms with E-state index in [-0.39, 0.29) is 5.82 Å². The first kappa shape index (κ1) is 66.6. The molecule has 0 bridgehead atoms. The van der Waals surface area contributed by atoms with Crippen LogP contribution in [0.15, 0.2) is 128 Å². The summed E-state index contributed by atoms with van der Waals surface area (Å²) in [6.07, 6.45) is 13.4. The summed E-state index contributed by atoms with van der Waals surface area (Å²) in [4.78, 5) is 43.0. The van der Waals surface area contributed by atoms with Gasteiger partial charge in [0.25, 0.3) is 0 Å². The summed E-state index contributed by atoms with van der Waals surface area (Å²) in [6.45, 7) is 24.6. The van der Waals surface area contributed by atoms with E-state index in [2.05, 4.69) is 133 Å². The first-order chi connectivity index (χ1) is 48.9. The van der Waals surface area contributed by atoms with Gasteiger partial charge in [0, 0.05) is 186 Å². The molecular weight excluding hydrogens is 1290 g/mol. The van der Waals surface area contributed by atoms with Crippen LogP contribution in [0.4, 0.5) is 49.4 Å². The average Bonchev–Trinajstić information content (AvgIpc) is 1.61. The fourth-order valence-electron chi connectivity index (χ4n) is 13.3. The number of anilines is 7. The van der Waals surface area contributed by atoms with Crippen LogP contribution in [0.1, 0.15) is 46.9 Å². The molecule has 0 unspecified atom stereocenters. The lowest BCUT2D eigenvalue weighted by atomic mass is 10.1. The largest absolute Gasteiger partial charge is 0.378 e. The summed E-state index contributed by atoms with van der Waals surface area (Å²) in [5, 5.41) is 46.3. The van der Waals surface area contributed by atoms with Crippen molar-refractivity contribution >= 4 is 107 Å². The van der Waals surface area contributed by atoms with Gasteiger partial charge >= 0.3 is 0 Å². The number of nitrogens with zero attached hydrogens (tertiary/aromatic N) is 18. The summed E-state index contributed by atoms with van der Waals surface area (Å²) in [6, 6.07) is 28.0. The van der Waals surface area contributed by atoms with E-state index >= 15 is 0 Å². The third-order valence-electron chi connectivity index (χ3n) is 18.8. The fourth-order valence-corrected chi connectivity index (χ4v) is 13.5. The van der Waals surface area contributed by atoms with Gasteiger partial charge in [-0.3, -0.25) is 30.4 Å². The average molecular weight is 1370 g/mol. The predicted octanol–water partition coefficient (Wildman–Crippen LogP) is 11.0. The first-order valence-corrected chi connectivity index (χ1v) is 34.4. The van der Waals surface area contributed by atoms with Crippen LogP contribution < -0.4 is 34.7 Å². The molecule has 1 aliphatic carbocycles. The fraction of sp³-hybridized carbons (Fsp3) is 0.347. The number of rotatable bonds is 10. The molecule has 13 aromatic rings. The lowest BCUT2D eigenvalue weighted by Crippen LogP contribution is -2.47. The van der Waals surface area contributed by atoms with Crippen LogP contribution in [0.25, 0.3) is 54.5 Å². The zero-order valence-electron chi connectivity index (χ0n) is 56.7. The van der Waals surface area contributed by atoms with E-state index in [9.17, 15) is 8.78 Å². The number of fused-ring (bicyclic) bond motifs is 5. The maximum absolute atomic E-state index is 13.8. The van der Waals surface area contributed by atoms with Gasteiger partial charge in [0.05, 0.1) is 67.7 Å². The van der Waals surface area contributed by atoms with Crippen molar-refractivity contribution in [3.05, 3.63) is 179 Å². The number of nitrogens with one attached hydrogen (secondary N) is 6. The molecule has 2 aromatic carbocycles. The summed E-state index contributed by atoms with van der Waals surface area (Å²) < 4.78 is 32.5. The minimum Gasteiger partial charge on any atom is -0.378 e. The number of aromatic nitrogens is 16. The second-order valence-corrected chi connectivity index (χ2v) is 26.0. The minimum absolute atomic E-state index is 0.357. The molecule has 6 N–H and O–H groups in total. The van der Waals surface area contributed by atoms with Crippen LogP contribution in [-0.2, 0) is 11.3 Å². The molecule has 28 heteroatoms. The van der Waals surface area contributed by atoms with E-state index in [1.165, 1.54) is 30.7 Å².